The highest BCUT2D eigenvalue weighted by atomic mass is 32.1. The molecule has 0 aliphatic heterocycles. The number of ether oxygens (including phenoxy) is 1. The maximum atomic E-state index is 12.8. The Morgan fingerprint density at radius 3 is 2.81 bits per heavy atom. The van der Waals surface area contributed by atoms with Crippen LogP contribution in [-0.4, -0.2) is 34.1 Å². The minimum absolute atomic E-state index is 0.0744. The number of hydrogen-bond donors (Lipinski definition) is 1. The Morgan fingerprint density at radius 1 is 1.37 bits per heavy atom. The standard InChI is InChI=1S/C19H25N3O4S/c1-4-26-19(25)16-12(3)15-17(27-16)20-10-22(18(15)24)9-14(23)21-13-8-6-5-7-11(13)2/h10-11,13H,4-9H2,1-3H3,(H,21,23)/t11-,13-/m1/s1. The van der Waals surface area contributed by atoms with Gasteiger partial charge in [0.15, 0.2) is 0 Å². The zero-order valence-electron chi connectivity index (χ0n) is 15.9. The first-order valence-electron chi connectivity index (χ1n) is 9.37. The zero-order valence-corrected chi connectivity index (χ0v) is 16.7. The molecule has 146 valence electrons. The molecule has 0 spiro atoms. The number of carbonyl (C=O) groups is 2. The third kappa shape index (κ3) is 4.05. The largest absolute Gasteiger partial charge is 0.462 e. The average molecular weight is 391 g/mol. The van der Waals surface area contributed by atoms with Crippen LogP contribution in [0.2, 0.25) is 0 Å². The van der Waals surface area contributed by atoms with Crippen molar-refractivity contribution in [2.75, 3.05) is 6.61 Å². The second-order valence-electron chi connectivity index (χ2n) is 7.07. The zero-order chi connectivity index (χ0) is 19.6. The highest BCUT2D eigenvalue weighted by Gasteiger charge is 2.24. The summed E-state index contributed by atoms with van der Waals surface area (Å²) in [5, 5.41) is 3.43. The van der Waals surface area contributed by atoms with Crippen LogP contribution in [-0.2, 0) is 16.1 Å². The fourth-order valence-corrected chi connectivity index (χ4v) is 4.63. The molecule has 1 N–H and O–H groups in total. The third-order valence-electron chi connectivity index (χ3n) is 5.15. The summed E-state index contributed by atoms with van der Waals surface area (Å²) in [4.78, 5) is 42.5. The summed E-state index contributed by atoms with van der Waals surface area (Å²) in [6.45, 7) is 5.79. The number of aromatic nitrogens is 2. The average Bonchev–Trinajstić information content (AvgIpc) is 2.97. The Kier molecular flexibility index (Phi) is 5.94. The van der Waals surface area contributed by atoms with Crippen LogP contribution >= 0.6 is 11.3 Å². The molecule has 2 aromatic heterocycles. The lowest BCUT2D eigenvalue weighted by atomic mass is 9.86. The number of carbonyl (C=O) groups excluding carboxylic acids is 2. The van der Waals surface area contributed by atoms with Crippen LogP contribution in [0.25, 0.3) is 10.2 Å². The van der Waals surface area contributed by atoms with E-state index in [0.717, 1.165) is 30.6 Å². The topological polar surface area (TPSA) is 90.3 Å². The third-order valence-corrected chi connectivity index (χ3v) is 6.33. The molecule has 0 aromatic carbocycles. The summed E-state index contributed by atoms with van der Waals surface area (Å²) < 4.78 is 6.34. The number of amides is 1. The van der Waals surface area contributed by atoms with Gasteiger partial charge in [-0.05, 0) is 38.2 Å². The number of nitrogens with zero attached hydrogens (tertiary/aromatic N) is 2. The van der Waals surface area contributed by atoms with Crippen LogP contribution in [0.3, 0.4) is 0 Å². The van der Waals surface area contributed by atoms with Crippen molar-refractivity contribution in [1.29, 1.82) is 0 Å². The van der Waals surface area contributed by atoms with Crippen LogP contribution < -0.4 is 10.9 Å². The lowest BCUT2D eigenvalue weighted by molar-refractivity contribution is -0.123. The predicted octanol–water partition coefficient (Wildman–Crippen LogP) is 2.64. The van der Waals surface area contributed by atoms with Gasteiger partial charge in [-0.15, -0.1) is 11.3 Å². The van der Waals surface area contributed by atoms with Gasteiger partial charge in [-0.3, -0.25) is 14.2 Å². The van der Waals surface area contributed by atoms with E-state index in [9.17, 15) is 14.4 Å². The molecular formula is C19H25N3O4S. The predicted molar refractivity (Wildman–Crippen MR) is 104 cm³/mol. The molecule has 1 aliphatic rings. The molecule has 1 amide bonds. The van der Waals surface area contributed by atoms with E-state index in [-0.39, 0.29) is 30.7 Å². The van der Waals surface area contributed by atoms with Crippen LogP contribution in [0.4, 0.5) is 0 Å². The SMILES string of the molecule is CCOC(=O)c1sc2ncn(CC(=O)N[C@@H]3CCCC[C@H]3C)c(=O)c2c1C. The Hall–Kier alpha value is -2.22. The van der Waals surface area contributed by atoms with Crippen molar-refractivity contribution < 1.29 is 14.3 Å². The molecule has 2 aromatic rings. The first kappa shape index (κ1) is 19.5. The van der Waals surface area contributed by atoms with Gasteiger partial charge in [0.25, 0.3) is 5.56 Å². The Bertz CT molecular complexity index is 918. The number of rotatable bonds is 5. The minimum atomic E-state index is -0.451. The van der Waals surface area contributed by atoms with Gasteiger partial charge in [0.05, 0.1) is 18.3 Å². The number of thiophene rings is 1. The first-order valence-corrected chi connectivity index (χ1v) is 10.2. The quantitative estimate of drug-likeness (QED) is 0.792. The van der Waals surface area contributed by atoms with Gasteiger partial charge in [-0.1, -0.05) is 19.8 Å². The first-order chi connectivity index (χ1) is 12.9. The molecular weight excluding hydrogens is 366 g/mol. The second-order valence-corrected chi connectivity index (χ2v) is 8.07. The number of fused-ring (bicyclic) bond motifs is 1. The van der Waals surface area contributed by atoms with Crippen molar-refractivity contribution >= 4 is 33.4 Å². The molecule has 3 rings (SSSR count). The van der Waals surface area contributed by atoms with E-state index in [2.05, 4.69) is 17.2 Å². The van der Waals surface area contributed by atoms with Crippen LogP contribution in [0.5, 0.6) is 0 Å². The minimum Gasteiger partial charge on any atom is -0.462 e. The molecule has 0 unspecified atom stereocenters. The van der Waals surface area contributed by atoms with Crippen LogP contribution in [0, 0.1) is 12.8 Å². The second kappa shape index (κ2) is 8.21. The molecule has 2 heterocycles. The molecule has 27 heavy (non-hydrogen) atoms. The van der Waals surface area contributed by atoms with Gasteiger partial charge in [-0.2, -0.15) is 0 Å². The van der Waals surface area contributed by atoms with Crippen molar-refractivity contribution in [3.05, 3.63) is 27.1 Å². The molecule has 0 bridgehead atoms. The molecule has 8 heteroatoms. The summed E-state index contributed by atoms with van der Waals surface area (Å²) in [5.41, 5.74) is 0.248. The highest BCUT2D eigenvalue weighted by molar-refractivity contribution is 7.20. The van der Waals surface area contributed by atoms with Crippen molar-refractivity contribution in [3.8, 4) is 0 Å². The van der Waals surface area contributed by atoms with Crippen molar-refractivity contribution in [2.24, 2.45) is 5.92 Å². The molecule has 1 fully saturated rings. The molecule has 7 nitrogen and oxygen atoms in total. The molecule has 2 atom stereocenters. The van der Waals surface area contributed by atoms with Gasteiger partial charge >= 0.3 is 5.97 Å². The lowest BCUT2D eigenvalue weighted by Crippen LogP contribution is -2.43. The smallest absolute Gasteiger partial charge is 0.348 e. The fourth-order valence-electron chi connectivity index (χ4n) is 3.60. The summed E-state index contributed by atoms with van der Waals surface area (Å²) in [6.07, 6.45) is 5.79. The highest BCUT2D eigenvalue weighted by Crippen LogP contribution is 2.27. The van der Waals surface area contributed by atoms with E-state index in [1.54, 1.807) is 13.8 Å². The van der Waals surface area contributed by atoms with Gasteiger partial charge in [0.2, 0.25) is 5.91 Å². The van der Waals surface area contributed by atoms with E-state index in [0.29, 0.717) is 26.6 Å². The van der Waals surface area contributed by atoms with E-state index in [4.69, 9.17) is 4.74 Å². The van der Waals surface area contributed by atoms with E-state index < -0.39 is 5.97 Å². The van der Waals surface area contributed by atoms with Gasteiger partial charge in [0, 0.05) is 6.04 Å². The van der Waals surface area contributed by atoms with Gasteiger partial charge in [0.1, 0.15) is 16.3 Å². The maximum Gasteiger partial charge on any atom is 0.348 e. The Labute approximate surface area is 161 Å². The number of hydrogen-bond acceptors (Lipinski definition) is 6. The van der Waals surface area contributed by atoms with Crippen molar-refractivity contribution in [2.45, 2.75) is 59.0 Å². The van der Waals surface area contributed by atoms with E-state index in [1.165, 1.54) is 17.3 Å². The van der Waals surface area contributed by atoms with Crippen LogP contribution in [0.1, 0.15) is 54.8 Å². The Balaban J connectivity index is 1.82. The molecule has 1 aliphatic carbocycles. The van der Waals surface area contributed by atoms with Gasteiger partial charge in [-0.25, -0.2) is 9.78 Å². The number of esters is 1. The Morgan fingerprint density at radius 2 is 2.11 bits per heavy atom. The van der Waals surface area contributed by atoms with Crippen molar-refractivity contribution in [1.82, 2.24) is 14.9 Å². The number of aryl methyl sites for hydroxylation is 1. The molecule has 0 radical (unpaired) electrons. The van der Waals surface area contributed by atoms with E-state index >= 15 is 0 Å². The fraction of sp³-hybridized carbons (Fsp3) is 0.579. The normalized spacial score (nSPS) is 19.8. The van der Waals surface area contributed by atoms with Crippen LogP contribution in [0.15, 0.2) is 11.1 Å². The summed E-state index contributed by atoms with van der Waals surface area (Å²) >= 11 is 1.14. The summed E-state index contributed by atoms with van der Waals surface area (Å²) in [7, 11) is 0. The maximum absolute atomic E-state index is 12.8. The van der Waals surface area contributed by atoms with Gasteiger partial charge < -0.3 is 10.1 Å². The lowest BCUT2D eigenvalue weighted by Gasteiger charge is -2.29. The number of nitrogens with one attached hydrogen (secondary N) is 1. The van der Waals surface area contributed by atoms with Crippen molar-refractivity contribution in [3.63, 3.8) is 0 Å². The summed E-state index contributed by atoms with van der Waals surface area (Å²) in [6, 6.07) is 0.164. The molecule has 1 saturated carbocycles. The monoisotopic (exact) mass is 391 g/mol. The molecule has 0 saturated heterocycles. The van der Waals surface area contributed by atoms with E-state index in [1.807, 2.05) is 0 Å². The summed E-state index contributed by atoms with van der Waals surface area (Å²) in [5.74, 6) is -0.185.